The Morgan fingerprint density at radius 2 is 1.94 bits per heavy atom. The first kappa shape index (κ1) is 14.3. The zero-order valence-corrected chi connectivity index (χ0v) is 10.9. The van der Waals surface area contributed by atoms with Gasteiger partial charge in [-0.3, -0.25) is 10.1 Å². The third kappa shape index (κ3) is 2.90. The van der Waals surface area contributed by atoms with Gasteiger partial charge in [0.2, 0.25) is 0 Å². The van der Waals surface area contributed by atoms with E-state index in [1.54, 1.807) is 0 Å². The number of hydrogen-bond donors (Lipinski definition) is 0. The van der Waals surface area contributed by atoms with Gasteiger partial charge in [-0.25, -0.2) is 17.2 Å². The number of alkyl halides is 2. The standard InChI is InChI=1S/C7H3BrClF2NO4S/c8-3-1-2-4(12(13)14)5(7(10)11)6(3)17(9,15)16/h1-2,7H. The van der Waals surface area contributed by atoms with Gasteiger partial charge in [0.25, 0.3) is 21.2 Å². The molecule has 0 aromatic heterocycles. The molecule has 0 fully saturated rings. The largest absolute Gasteiger partial charge is 0.279 e. The maximum absolute atomic E-state index is 12.7. The second-order valence-electron chi connectivity index (χ2n) is 2.80. The molecule has 1 aromatic rings. The molecule has 17 heavy (non-hydrogen) atoms. The first-order chi connectivity index (χ1) is 7.66. The van der Waals surface area contributed by atoms with Gasteiger partial charge in [-0.05, 0) is 22.0 Å². The highest BCUT2D eigenvalue weighted by Crippen LogP contribution is 2.40. The lowest BCUT2D eigenvalue weighted by atomic mass is 10.2. The van der Waals surface area contributed by atoms with E-state index in [9.17, 15) is 27.3 Å². The first-order valence-corrected chi connectivity index (χ1v) is 6.96. The van der Waals surface area contributed by atoms with Gasteiger partial charge in [-0.1, -0.05) is 0 Å². The summed E-state index contributed by atoms with van der Waals surface area (Å²) < 4.78 is 47.4. The lowest BCUT2D eigenvalue weighted by Gasteiger charge is -2.08. The molecule has 1 aromatic carbocycles. The number of nitrogens with zero attached hydrogens (tertiary/aromatic N) is 1. The quantitative estimate of drug-likeness (QED) is 0.476. The van der Waals surface area contributed by atoms with E-state index < -0.39 is 36.5 Å². The van der Waals surface area contributed by atoms with Crippen molar-refractivity contribution in [3.8, 4) is 0 Å². The zero-order chi connectivity index (χ0) is 13.4. The Balaban J connectivity index is 3.80. The second-order valence-corrected chi connectivity index (χ2v) is 6.16. The van der Waals surface area contributed by atoms with Crippen molar-refractivity contribution in [1.82, 2.24) is 0 Å². The Labute approximate surface area is 107 Å². The average Bonchev–Trinajstić information content (AvgIpc) is 2.14. The van der Waals surface area contributed by atoms with Gasteiger partial charge in [0, 0.05) is 21.2 Å². The zero-order valence-electron chi connectivity index (χ0n) is 7.73. The van der Waals surface area contributed by atoms with Crippen molar-refractivity contribution in [2.75, 3.05) is 0 Å². The van der Waals surface area contributed by atoms with E-state index in [0.717, 1.165) is 12.1 Å². The van der Waals surface area contributed by atoms with E-state index in [-0.39, 0.29) is 4.47 Å². The number of nitro benzene ring substituents is 1. The summed E-state index contributed by atoms with van der Waals surface area (Å²) in [4.78, 5) is 8.45. The minimum Gasteiger partial charge on any atom is -0.258 e. The van der Waals surface area contributed by atoms with E-state index in [1.807, 2.05) is 0 Å². The highest BCUT2D eigenvalue weighted by atomic mass is 79.9. The van der Waals surface area contributed by atoms with E-state index in [4.69, 9.17) is 10.7 Å². The van der Waals surface area contributed by atoms with Crippen LogP contribution in [0, 0.1) is 10.1 Å². The Hall–Kier alpha value is -0.800. The van der Waals surface area contributed by atoms with E-state index in [2.05, 4.69) is 15.9 Å². The molecule has 0 amide bonds. The van der Waals surface area contributed by atoms with Gasteiger partial charge in [0.05, 0.1) is 4.92 Å². The minimum absolute atomic E-state index is 0.256. The molecule has 0 bridgehead atoms. The van der Waals surface area contributed by atoms with Gasteiger partial charge in [-0.2, -0.15) is 0 Å². The van der Waals surface area contributed by atoms with Crippen LogP contribution in [-0.2, 0) is 9.05 Å². The van der Waals surface area contributed by atoms with Crippen molar-refractivity contribution < 1.29 is 22.1 Å². The van der Waals surface area contributed by atoms with Gasteiger partial charge < -0.3 is 0 Å². The summed E-state index contributed by atoms with van der Waals surface area (Å²) in [6, 6.07) is 1.75. The number of benzene rings is 1. The lowest BCUT2D eigenvalue weighted by molar-refractivity contribution is -0.386. The third-order valence-electron chi connectivity index (χ3n) is 1.78. The van der Waals surface area contributed by atoms with Crippen molar-refractivity contribution in [3.63, 3.8) is 0 Å². The summed E-state index contributed by atoms with van der Waals surface area (Å²) in [5, 5.41) is 10.5. The van der Waals surface area contributed by atoms with Crippen LogP contribution in [0.5, 0.6) is 0 Å². The summed E-state index contributed by atoms with van der Waals surface area (Å²) in [7, 11) is 0.452. The number of nitro groups is 1. The number of halogens is 4. The average molecular weight is 351 g/mol. The summed E-state index contributed by atoms with van der Waals surface area (Å²) in [6.45, 7) is 0. The van der Waals surface area contributed by atoms with Gasteiger partial charge in [0.15, 0.2) is 0 Å². The molecule has 0 saturated carbocycles. The van der Waals surface area contributed by atoms with Crippen molar-refractivity contribution in [3.05, 3.63) is 32.3 Å². The molecule has 0 N–H and O–H groups in total. The fraction of sp³-hybridized carbons (Fsp3) is 0.143. The van der Waals surface area contributed by atoms with E-state index in [1.165, 1.54) is 0 Å². The maximum atomic E-state index is 12.7. The molecule has 0 aliphatic rings. The molecule has 0 aliphatic carbocycles. The summed E-state index contributed by atoms with van der Waals surface area (Å²) >= 11 is 2.71. The van der Waals surface area contributed by atoms with Crippen LogP contribution in [0.1, 0.15) is 12.0 Å². The highest BCUT2D eigenvalue weighted by molar-refractivity contribution is 9.10. The summed E-state index contributed by atoms with van der Waals surface area (Å²) in [5.41, 5.74) is -2.22. The van der Waals surface area contributed by atoms with Crippen LogP contribution >= 0.6 is 26.6 Å². The predicted molar refractivity (Wildman–Crippen MR) is 58.8 cm³/mol. The Morgan fingerprint density at radius 3 is 2.29 bits per heavy atom. The molecular weight excluding hydrogens is 348 g/mol. The van der Waals surface area contributed by atoms with Crippen molar-refractivity contribution in [2.24, 2.45) is 0 Å². The van der Waals surface area contributed by atoms with Gasteiger partial charge in [0.1, 0.15) is 10.5 Å². The van der Waals surface area contributed by atoms with E-state index in [0.29, 0.717) is 0 Å². The van der Waals surface area contributed by atoms with Crippen molar-refractivity contribution in [2.45, 2.75) is 11.3 Å². The third-order valence-corrected chi connectivity index (χ3v) is 4.10. The fourth-order valence-corrected chi connectivity index (χ4v) is 3.70. The molecule has 0 radical (unpaired) electrons. The first-order valence-electron chi connectivity index (χ1n) is 3.86. The summed E-state index contributed by atoms with van der Waals surface area (Å²) in [5.74, 6) is 0. The Morgan fingerprint density at radius 1 is 1.41 bits per heavy atom. The molecule has 5 nitrogen and oxygen atoms in total. The topological polar surface area (TPSA) is 77.3 Å². The van der Waals surface area contributed by atoms with Crippen LogP contribution in [-0.4, -0.2) is 13.3 Å². The molecule has 0 unspecified atom stereocenters. The molecule has 0 aliphatic heterocycles. The maximum Gasteiger partial charge on any atom is 0.279 e. The van der Waals surface area contributed by atoms with Crippen LogP contribution in [0.3, 0.4) is 0 Å². The SMILES string of the molecule is O=[N+]([O-])c1ccc(Br)c(S(=O)(=O)Cl)c1C(F)F. The monoisotopic (exact) mass is 349 g/mol. The minimum atomic E-state index is -4.52. The second kappa shape index (κ2) is 4.83. The van der Waals surface area contributed by atoms with Crippen LogP contribution in [0.4, 0.5) is 14.5 Å². The van der Waals surface area contributed by atoms with Crippen LogP contribution in [0.2, 0.25) is 0 Å². The molecule has 10 heteroatoms. The highest BCUT2D eigenvalue weighted by Gasteiger charge is 2.32. The predicted octanol–water partition coefficient (Wildman–Crippen LogP) is 3.22. The molecular formula is C7H3BrClF2NO4S. The molecule has 0 heterocycles. The van der Waals surface area contributed by atoms with Crippen LogP contribution in [0.15, 0.2) is 21.5 Å². The normalized spacial score (nSPS) is 11.8. The molecule has 0 saturated heterocycles. The van der Waals surface area contributed by atoms with Crippen LogP contribution < -0.4 is 0 Å². The molecule has 0 atom stereocenters. The fourth-order valence-electron chi connectivity index (χ4n) is 1.18. The molecule has 0 spiro atoms. The van der Waals surface area contributed by atoms with Gasteiger partial charge in [-0.15, -0.1) is 0 Å². The Bertz CT molecular complexity index is 577. The molecule has 94 valence electrons. The smallest absolute Gasteiger partial charge is 0.258 e. The van der Waals surface area contributed by atoms with Crippen molar-refractivity contribution >= 4 is 41.4 Å². The molecule has 1 rings (SSSR count). The van der Waals surface area contributed by atoms with Gasteiger partial charge >= 0.3 is 0 Å². The number of hydrogen-bond acceptors (Lipinski definition) is 4. The number of rotatable bonds is 3. The van der Waals surface area contributed by atoms with Crippen molar-refractivity contribution in [1.29, 1.82) is 0 Å². The van der Waals surface area contributed by atoms with E-state index >= 15 is 0 Å². The van der Waals surface area contributed by atoms with Crippen LogP contribution in [0.25, 0.3) is 0 Å². The lowest BCUT2D eigenvalue weighted by Crippen LogP contribution is -2.04. The Kier molecular flexibility index (Phi) is 4.05. The summed E-state index contributed by atoms with van der Waals surface area (Å²) in [6.07, 6.45) is -3.34.